The van der Waals surface area contributed by atoms with E-state index < -0.39 is 22.0 Å². The number of nitrogens with one attached hydrogen (secondary N) is 1. The molecule has 2 heterocycles. The summed E-state index contributed by atoms with van der Waals surface area (Å²) in [5, 5.41) is 2.91. The van der Waals surface area contributed by atoms with Crippen molar-refractivity contribution in [3.8, 4) is 11.5 Å². The van der Waals surface area contributed by atoms with Crippen molar-refractivity contribution in [2.75, 3.05) is 26.8 Å². The van der Waals surface area contributed by atoms with Gasteiger partial charge in [0.25, 0.3) is 0 Å². The summed E-state index contributed by atoms with van der Waals surface area (Å²) in [6, 6.07) is 13.3. The van der Waals surface area contributed by atoms with Crippen LogP contribution in [0.25, 0.3) is 0 Å². The van der Waals surface area contributed by atoms with E-state index in [0.29, 0.717) is 30.5 Å². The number of sulfonamides is 1. The second kappa shape index (κ2) is 9.01. The molecule has 0 spiro atoms. The fraction of sp³-hybridized carbons (Fsp3) is 0.273. The molecule has 10 heteroatoms. The molecule has 0 radical (unpaired) electrons. The summed E-state index contributed by atoms with van der Waals surface area (Å²) in [6.45, 7) is 0.408. The van der Waals surface area contributed by atoms with Crippen molar-refractivity contribution in [1.29, 1.82) is 0 Å². The molecule has 0 bridgehead atoms. The number of rotatable bonds is 7. The number of aromatic nitrogens is 2. The van der Waals surface area contributed by atoms with Gasteiger partial charge in [0.15, 0.2) is 11.5 Å². The number of carbonyl (C=O) groups excluding carboxylic acids is 1. The number of amides is 1. The third kappa shape index (κ3) is 4.46. The molecule has 9 nitrogen and oxygen atoms in total. The van der Waals surface area contributed by atoms with Crippen LogP contribution >= 0.6 is 0 Å². The molecule has 1 amide bonds. The van der Waals surface area contributed by atoms with E-state index in [0.717, 1.165) is 9.87 Å². The molecule has 1 aromatic heterocycles. The Morgan fingerprint density at radius 3 is 2.56 bits per heavy atom. The Balaban J connectivity index is 1.51. The number of imidazole rings is 1. The van der Waals surface area contributed by atoms with Crippen molar-refractivity contribution in [2.24, 2.45) is 7.05 Å². The number of likely N-dealkylation sites (N-methyl/N-ethyl adjacent to an activating group) is 1. The van der Waals surface area contributed by atoms with Gasteiger partial charge in [-0.3, -0.25) is 4.79 Å². The maximum absolute atomic E-state index is 13.0. The summed E-state index contributed by atoms with van der Waals surface area (Å²) in [6.07, 6.45) is 3.44. The normalized spacial score (nSPS) is 14.2. The van der Waals surface area contributed by atoms with E-state index in [1.54, 1.807) is 18.5 Å². The molecule has 0 fully saturated rings. The van der Waals surface area contributed by atoms with E-state index >= 15 is 0 Å². The second-order valence-corrected chi connectivity index (χ2v) is 9.42. The maximum atomic E-state index is 13.0. The third-order valence-electron chi connectivity index (χ3n) is 5.14. The fourth-order valence-corrected chi connectivity index (χ4v) is 4.60. The molecule has 1 atom stereocenters. The predicted octanol–water partition coefficient (Wildman–Crippen LogP) is 1.72. The Hall–Kier alpha value is -3.37. The predicted molar refractivity (Wildman–Crippen MR) is 117 cm³/mol. The lowest BCUT2D eigenvalue weighted by atomic mass is 10.1. The van der Waals surface area contributed by atoms with E-state index in [1.807, 2.05) is 41.9 Å². The lowest BCUT2D eigenvalue weighted by Crippen LogP contribution is -2.40. The van der Waals surface area contributed by atoms with Crippen LogP contribution in [-0.4, -0.2) is 55.0 Å². The van der Waals surface area contributed by atoms with Gasteiger partial charge in [0.1, 0.15) is 25.1 Å². The first-order valence-corrected chi connectivity index (χ1v) is 11.5. The number of hydrogen-bond acceptors (Lipinski definition) is 6. The zero-order valence-electron chi connectivity index (χ0n) is 17.8. The molecular formula is C22H24N4O5S. The van der Waals surface area contributed by atoms with Crippen molar-refractivity contribution in [2.45, 2.75) is 10.9 Å². The smallest absolute Gasteiger partial charge is 0.243 e. The first-order chi connectivity index (χ1) is 15.4. The fourth-order valence-electron chi connectivity index (χ4n) is 3.46. The van der Waals surface area contributed by atoms with Crippen molar-refractivity contribution in [1.82, 2.24) is 19.2 Å². The van der Waals surface area contributed by atoms with Crippen LogP contribution in [-0.2, 0) is 21.9 Å². The molecule has 0 saturated heterocycles. The highest BCUT2D eigenvalue weighted by atomic mass is 32.2. The zero-order valence-corrected chi connectivity index (χ0v) is 18.6. The third-order valence-corrected chi connectivity index (χ3v) is 6.94. The lowest BCUT2D eigenvalue weighted by molar-refractivity contribution is -0.121. The molecule has 0 aliphatic carbocycles. The topological polar surface area (TPSA) is 103 Å². The van der Waals surface area contributed by atoms with Crippen LogP contribution in [0.5, 0.6) is 11.5 Å². The van der Waals surface area contributed by atoms with Gasteiger partial charge in [-0.1, -0.05) is 30.3 Å². The van der Waals surface area contributed by atoms with Crippen LogP contribution in [0.15, 0.2) is 65.8 Å². The van der Waals surface area contributed by atoms with Crippen LogP contribution in [0.2, 0.25) is 0 Å². The van der Waals surface area contributed by atoms with E-state index in [2.05, 4.69) is 10.3 Å². The number of ether oxygens (including phenoxy) is 2. The first kappa shape index (κ1) is 21.8. The van der Waals surface area contributed by atoms with Crippen molar-refractivity contribution >= 4 is 15.9 Å². The van der Waals surface area contributed by atoms with Crippen molar-refractivity contribution < 1.29 is 22.7 Å². The van der Waals surface area contributed by atoms with Gasteiger partial charge in [-0.25, -0.2) is 13.4 Å². The van der Waals surface area contributed by atoms with Gasteiger partial charge < -0.3 is 19.4 Å². The molecule has 0 saturated carbocycles. The Morgan fingerprint density at radius 1 is 1.16 bits per heavy atom. The largest absolute Gasteiger partial charge is 0.486 e. The summed E-state index contributed by atoms with van der Waals surface area (Å²) < 4.78 is 39.8. The highest BCUT2D eigenvalue weighted by molar-refractivity contribution is 7.89. The molecule has 32 heavy (non-hydrogen) atoms. The molecular weight excluding hydrogens is 432 g/mol. The lowest BCUT2D eigenvalue weighted by Gasteiger charge is -2.23. The van der Waals surface area contributed by atoms with E-state index in [1.165, 1.54) is 19.2 Å². The molecule has 4 rings (SSSR count). The van der Waals surface area contributed by atoms with Crippen LogP contribution in [0.4, 0.5) is 0 Å². The number of benzene rings is 2. The van der Waals surface area contributed by atoms with Gasteiger partial charge in [0.05, 0.1) is 11.4 Å². The number of hydrogen-bond donors (Lipinski definition) is 1. The zero-order chi connectivity index (χ0) is 22.7. The van der Waals surface area contributed by atoms with Crippen LogP contribution in [0, 0.1) is 0 Å². The summed E-state index contributed by atoms with van der Waals surface area (Å²) in [5.74, 6) is 1.05. The SMILES string of the molecule is CN(CC(=O)NC(c1ccccc1)c1nccn1C)S(=O)(=O)c1ccc2c(c1)OCCO2. The van der Waals surface area contributed by atoms with Gasteiger partial charge in [0, 0.05) is 32.6 Å². The molecule has 1 unspecified atom stereocenters. The highest BCUT2D eigenvalue weighted by Gasteiger charge is 2.27. The Labute approximate surface area is 186 Å². The summed E-state index contributed by atoms with van der Waals surface area (Å²) in [4.78, 5) is 17.2. The number of nitrogens with zero attached hydrogens (tertiary/aromatic N) is 3. The van der Waals surface area contributed by atoms with Crippen LogP contribution < -0.4 is 14.8 Å². The number of fused-ring (bicyclic) bond motifs is 1. The van der Waals surface area contributed by atoms with Gasteiger partial charge in [-0.2, -0.15) is 4.31 Å². The summed E-state index contributed by atoms with van der Waals surface area (Å²) in [7, 11) is -0.713. The van der Waals surface area contributed by atoms with Gasteiger partial charge >= 0.3 is 0 Å². The molecule has 1 aliphatic heterocycles. The van der Waals surface area contributed by atoms with Crippen LogP contribution in [0.1, 0.15) is 17.4 Å². The summed E-state index contributed by atoms with van der Waals surface area (Å²) >= 11 is 0. The Kier molecular flexibility index (Phi) is 6.15. The van der Waals surface area contributed by atoms with Crippen molar-refractivity contribution in [3.63, 3.8) is 0 Å². The van der Waals surface area contributed by atoms with Crippen molar-refractivity contribution in [3.05, 3.63) is 72.3 Å². The Bertz CT molecular complexity index is 1210. The van der Waals surface area contributed by atoms with E-state index in [9.17, 15) is 13.2 Å². The molecule has 168 valence electrons. The molecule has 1 aliphatic rings. The molecule has 2 aromatic carbocycles. The van der Waals surface area contributed by atoms with Crippen LogP contribution in [0.3, 0.4) is 0 Å². The highest BCUT2D eigenvalue weighted by Crippen LogP contribution is 2.33. The Morgan fingerprint density at radius 2 is 1.88 bits per heavy atom. The minimum absolute atomic E-state index is 0.0285. The standard InChI is InChI=1S/C22H24N4O5S/c1-25-11-10-23-22(25)21(16-6-4-3-5-7-16)24-20(27)15-26(2)32(28,29)17-8-9-18-19(14-17)31-13-12-30-18/h3-11,14,21H,12-13,15H2,1-2H3,(H,24,27). The minimum Gasteiger partial charge on any atom is -0.486 e. The van der Waals surface area contributed by atoms with Gasteiger partial charge in [0.2, 0.25) is 15.9 Å². The minimum atomic E-state index is -3.91. The average Bonchev–Trinajstić information content (AvgIpc) is 3.23. The van der Waals surface area contributed by atoms with E-state index in [4.69, 9.17) is 9.47 Å². The molecule has 1 N–H and O–H groups in total. The van der Waals surface area contributed by atoms with E-state index in [-0.39, 0.29) is 11.4 Å². The van der Waals surface area contributed by atoms with Gasteiger partial charge in [-0.05, 0) is 17.7 Å². The quantitative estimate of drug-likeness (QED) is 0.581. The monoisotopic (exact) mass is 456 g/mol. The number of aryl methyl sites for hydroxylation is 1. The second-order valence-electron chi connectivity index (χ2n) is 7.37. The van der Waals surface area contributed by atoms with Gasteiger partial charge in [-0.15, -0.1) is 0 Å². The first-order valence-electron chi connectivity index (χ1n) is 10.0. The maximum Gasteiger partial charge on any atom is 0.243 e. The number of carbonyl (C=O) groups is 1. The molecule has 3 aromatic rings. The summed E-state index contributed by atoms with van der Waals surface area (Å²) in [5.41, 5.74) is 0.840. The average molecular weight is 457 g/mol.